The topological polar surface area (TPSA) is 56.5 Å². The number of hydrogen-bond donors (Lipinski definition) is 2. The summed E-state index contributed by atoms with van der Waals surface area (Å²) >= 11 is 0. The van der Waals surface area contributed by atoms with Gasteiger partial charge in [0.2, 0.25) is 0 Å². The van der Waals surface area contributed by atoms with Crippen LogP contribution in [0.5, 0.6) is 5.75 Å². The molecular formula is C17H28N2O2. The fourth-order valence-corrected chi connectivity index (χ4v) is 3.53. The summed E-state index contributed by atoms with van der Waals surface area (Å²) in [7, 11) is 3.52. The van der Waals surface area contributed by atoms with Crippen LogP contribution in [-0.2, 0) is 11.2 Å². The van der Waals surface area contributed by atoms with Crippen LogP contribution in [-0.4, -0.2) is 25.9 Å². The summed E-state index contributed by atoms with van der Waals surface area (Å²) in [6, 6.07) is 6.37. The largest absolute Gasteiger partial charge is 0.496 e. The summed E-state index contributed by atoms with van der Waals surface area (Å²) in [5, 5.41) is 0. The zero-order valence-corrected chi connectivity index (χ0v) is 13.4. The molecule has 0 aliphatic heterocycles. The van der Waals surface area contributed by atoms with Crippen LogP contribution in [0.1, 0.15) is 43.2 Å². The van der Waals surface area contributed by atoms with E-state index in [0.29, 0.717) is 0 Å². The SMILES string of the molecule is COc1ccc(C)cc1CC(NN)C1(OC)CCCCC1. The van der Waals surface area contributed by atoms with Crippen molar-refractivity contribution in [1.29, 1.82) is 0 Å². The number of hydrogen-bond acceptors (Lipinski definition) is 4. The highest BCUT2D eigenvalue weighted by atomic mass is 16.5. The first kappa shape index (κ1) is 16.3. The molecule has 1 fully saturated rings. The fourth-order valence-electron chi connectivity index (χ4n) is 3.53. The average molecular weight is 292 g/mol. The molecule has 0 bridgehead atoms. The van der Waals surface area contributed by atoms with Gasteiger partial charge in [-0.1, -0.05) is 37.0 Å². The van der Waals surface area contributed by atoms with Gasteiger partial charge in [-0.15, -0.1) is 0 Å². The molecule has 118 valence electrons. The minimum Gasteiger partial charge on any atom is -0.496 e. The van der Waals surface area contributed by atoms with Gasteiger partial charge in [0, 0.05) is 7.11 Å². The van der Waals surface area contributed by atoms with Crippen LogP contribution in [0, 0.1) is 6.92 Å². The van der Waals surface area contributed by atoms with E-state index in [1.165, 1.54) is 30.4 Å². The maximum absolute atomic E-state index is 5.92. The predicted molar refractivity (Wildman–Crippen MR) is 85.4 cm³/mol. The molecule has 0 heterocycles. The van der Waals surface area contributed by atoms with Gasteiger partial charge in [0.25, 0.3) is 0 Å². The van der Waals surface area contributed by atoms with Crippen molar-refractivity contribution < 1.29 is 9.47 Å². The smallest absolute Gasteiger partial charge is 0.122 e. The van der Waals surface area contributed by atoms with E-state index in [0.717, 1.165) is 25.0 Å². The quantitative estimate of drug-likeness (QED) is 0.625. The summed E-state index contributed by atoms with van der Waals surface area (Å²) in [5.41, 5.74) is 5.25. The van der Waals surface area contributed by atoms with Crippen molar-refractivity contribution in [3.63, 3.8) is 0 Å². The van der Waals surface area contributed by atoms with Crippen LogP contribution < -0.4 is 16.0 Å². The second kappa shape index (κ2) is 7.25. The summed E-state index contributed by atoms with van der Waals surface area (Å²) in [6.07, 6.45) is 6.64. The minimum atomic E-state index is -0.165. The Bertz CT molecular complexity index is 456. The lowest BCUT2D eigenvalue weighted by atomic mass is 9.77. The van der Waals surface area contributed by atoms with Gasteiger partial charge in [-0.3, -0.25) is 11.3 Å². The van der Waals surface area contributed by atoms with Crippen molar-refractivity contribution in [2.75, 3.05) is 14.2 Å². The first-order valence-electron chi connectivity index (χ1n) is 7.80. The lowest BCUT2D eigenvalue weighted by Crippen LogP contribution is -2.56. The molecule has 0 radical (unpaired) electrons. The van der Waals surface area contributed by atoms with Gasteiger partial charge in [-0.2, -0.15) is 0 Å². The standard InChI is InChI=1S/C17H28N2O2/c1-13-7-8-15(20-2)14(11-13)12-16(19-18)17(21-3)9-5-4-6-10-17/h7-8,11,16,19H,4-6,9-10,12,18H2,1-3H3. The Kier molecular flexibility index (Phi) is 5.62. The molecule has 1 atom stereocenters. The third-order valence-electron chi connectivity index (χ3n) is 4.80. The van der Waals surface area contributed by atoms with Crippen molar-refractivity contribution in [3.05, 3.63) is 29.3 Å². The molecule has 2 rings (SSSR count). The van der Waals surface area contributed by atoms with E-state index in [-0.39, 0.29) is 11.6 Å². The van der Waals surface area contributed by atoms with Crippen LogP contribution in [0.15, 0.2) is 18.2 Å². The van der Waals surface area contributed by atoms with Crippen molar-refractivity contribution in [1.82, 2.24) is 5.43 Å². The van der Waals surface area contributed by atoms with E-state index in [9.17, 15) is 0 Å². The van der Waals surface area contributed by atoms with Crippen LogP contribution in [0.4, 0.5) is 0 Å². The van der Waals surface area contributed by atoms with Gasteiger partial charge < -0.3 is 9.47 Å². The molecule has 4 nitrogen and oxygen atoms in total. The van der Waals surface area contributed by atoms with Crippen LogP contribution >= 0.6 is 0 Å². The first-order valence-corrected chi connectivity index (χ1v) is 7.80. The van der Waals surface area contributed by atoms with Gasteiger partial charge >= 0.3 is 0 Å². The van der Waals surface area contributed by atoms with E-state index in [2.05, 4.69) is 24.5 Å². The van der Waals surface area contributed by atoms with Crippen LogP contribution in [0.25, 0.3) is 0 Å². The number of benzene rings is 1. The molecule has 21 heavy (non-hydrogen) atoms. The Morgan fingerprint density at radius 2 is 1.95 bits per heavy atom. The van der Waals surface area contributed by atoms with E-state index < -0.39 is 0 Å². The maximum atomic E-state index is 5.92. The van der Waals surface area contributed by atoms with E-state index >= 15 is 0 Å². The number of aryl methyl sites for hydroxylation is 1. The number of methoxy groups -OCH3 is 2. The van der Waals surface area contributed by atoms with Gasteiger partial charge in [0.15, 0.2) is 0 Å². The summed E-state index contributed by atoms with van der Waals surface area (Å²) in [5.74, 6) is 6.79. The molecule has 0 saturated heterocycles. The van der Waals surface area contributed by atoms with E-state index in [1.807, 2.05) is 13.2 Å². The third-order valence-corrected chi connectivity index (χ3v) is 4.80. The molecule has 1 saturated carbocycles. The first-order chi connectivity index (χ1) is 10.1. The highest BCUT2D eigenvalue weighted by molar-refractivity contribution is 5.37. The van der Waals surface area contributed by atoms with Crippen molar-refractivity contribution in [2.24, 2.45) is 5.84 Å². The molecule has 0 spiro atoms. The normalized spacial score (nSPS) is 19.2. The Morgan fingerprint density at radius 1 is 1.24 bits per heavy atom. The lowest BCUT2D eigenvalue weighted by molar-refractivity contribution is -0.0674. The number of rotatable bonds is 6. The second-order valence-corrected chi connectivity index (χ2v) is 6.07. The molecule has 1 aliphatic carbocycles. The third kappa shape index (κ3) is 3.57. The van der Waals surface area contributed by atoms with Crippen LogP contribution in [0.2, 0.25) is 0 Å². The number of nitrogens with two attached hydrogens (primary N) is 1. The van der Waals surface area contributed by atoms with Crippen LogP contribution in [0.3, 0.4) is 0 Å². The number of hydrazine groups is 1. The Hall–Kier alpha value is -1.10. The van der Waals surface area contributed by atoms with E-state index in [1.54, 1.807) is 7.11 Å². The minimum absolute atomic E-state index is 0.0958. The Morgan fingerprint density at radius 3 is 2.52 bits per heavy atom. The molecule has 0 aromatic heterocycles. The summed E-state index contributed by atoms with van der Waals surface area (Å²) in [6.45, 7) is 2.10. The zero-order chi connectivity index (χ0) is 15.3. The van der Waals surface area contributed by atoms with Crippen molar-refractivity contribution in [3.8, 4) is 5.75 Å². The molecule has 3 N–H and O–H groups in total. The molecule has 0 amide bonds. The van der Waals surface area contributed by atoms with Gasteiger partial charge in [-0.05, 0) is 37.8 Å². The van der Waals surface area contributed by atoms with Gasteiger partial charge in [0.1, 0.15) is 5.75 Å². The second-order valence-electron chi connectivity index (χ2n) is 6.07. The number of ether oxygens (including phenoxy) is 2. The molecule has 1 aliphatic rings. The molecular weight excluding hydrogens is 264 g/mol. The Labute approximate surface area is 128 Å². The highest BCUT2D eigenvalue weighted by Gasteiger charge is 2.39. The molecule has 4 heteroatoms. The summed E-state index contributed by atoms with van der Waals surface area (Å²) < 4.78 is 11.4. The van der Waals surface area contributed by atoms with E-state index in [4.69, 9.17) is 15.3 Å². The molecule has 1 aromatic carbocycles. The molecule has 1 unspecified atom stereocenters. The average Bonchev–Trinajstić information content (AvgIpc) is 2.53. The van der Waals surface area contributed by atoms with Crippen molar-refractivity contribution >= 4 is 0 Å². The Balaban J connectivity index is 2.23. The maximum Gasteiger partial charge on any atom is 0.122 e. The van der Waals surface area contributed by atoms with Gasteiger partial charge in [-0.25, -0.2) is 0 Å². The zero-order valence-electron chi connectivity index (χ0n) is 13.4. The lowest BCUT2D eigenvalue weighted by Gasteiger charge is -2.42. The van der Waals surface area contributed by atoms with Gasteiger partial charge in [0.05, 0.1) is 18.8 Å². The molecule has 1 aromatic rings. The highest BCUT2D eigenvalue weighted by Crippen LogP contribution is 2.36. The monoisotopic (exact) mass is 292 g/mol. The predicted octanol–water partition coefficient (Wildman–Crippen LogP) is 2.73. The fraction of sp³-hybridized carbons (Fsp3) is 0.647. The summed E-state index contributed by atoms with van der Waals surface area (Å²) in [4.78, 5) is 0. The van der Waals surface area contributed by atoms with Crippen molar-refractivity contribution in [2.45, 2.75) is 57.1 Å². The number of nitrogens with one attached hydrogen (secondary N) is 1.